The standard InChI is InChI=1S/C22H16ClF3N2O2/c23-17-13-16(22(24,25)26)11-12-18(17)27-20(19(29)14-7-3-1-4-8-14)28-21(30)15-9-5-2-6-10-15/h1-13,20,27H,(H,28,30). The summed E-state index contributed by atoms with van der Waals surface area (Å²) in [5.74, 6) is -1.00. The van der Waals surface area contributed by atoms with Crippen LogP contribution in [0.4, 0.5) is 18.9 Å². The topological polar surface area (TPSA) is 58.2 Å². The maximum absolute atomic E-state index is 13.0. The average molecular weight is 433 g/mol. The molecule has 0 aromatic heterocycles. The van der Waals surface area contributed by atoms with Crippen LogP contribution in [-0.2, 0) is 6.18 Å². The molecule has 0 spiro atoms. The van der Waals surface area contributed by atoms with E-state index >= 15 is 0 Å². The van der Waals surface area contributed by atoms with E-state index in [9.17, 15) is 22.8 Å². The highest BCUT2D eigenvalue weighted by Gasteiger charge is 2.31. The maximum atomic E-state index is 13.0. The quantitative estimate of drug-likeness (QED) is 0.404. The van der Waals surface area contributed by atoms with E-state index in [1.54, 1.807) is 60.7 Å². The minimum absolute atomic E-state index is 0.0762. The van der Waals surface area contributed by atoms with Gasteiger partial charge in [0.15, 0.2) is 6.17 Å². The van der Waals surface area contributed by atoms with Gasteiger partial charge in [0.2, 0.25) is 5.78 Å². The van der Waals surface area contributed by atoms with Crippen LogP contribution in [0.15, 0.2) is 78.9 Å². The van der Waals surface area contributed by atoms with E-state index in [0.717, 1.165) is 18.2 Å². The van der Waals surface area contributed by atoms with Crippen molar-refractivity contribution in [2.24, 2.45) is 0 Å². The van der Waals surface area contributed by atoms with E-state index < -0.39 is 29.6 Å². The normalized spacial score (nSPS) is 12.1. The summed E-state index contributed by atoms with van der Waals surface area (Å²) in [6.07, 6.45) is -5.81. The van der Waals surface area contributed by atoms with E-state index in [1.807, 2.05) is 0 Å². The molecule has 0 radical (unpaired) electrons. The number of alkyl halides is 3. The lowest BCUT2D eigenvalue weighted by Gasteiger charge is -2.21. The zero-order valence-electron chi connectivity index (χ0n) is 15.4. The first-order valence-corrected chi connectivity index (χ1v) is 9.22. The molecule has 0 bridgehead atoms. The summed E-state index contributed by atoms with van der Waals surface area (Å²) in [4.78, 5) is 25.5. The van der Waals surface area contributed by atoms with Gasteiger partial charge in [0.1, 0.15) is 0 Å². The molecule has 8 heteroatoms. The predicted octanol–water partition coefficient (Wildman–Crippen LogP) is 5.41. The van der Waals surface area contributed by atoms with Crippen molar-refractivity contribution >= 4 is 29.0 Å². The third-order valence-electron chi connectivity index (χ3n) is 4.23. The minimum atomic E-state index is -4.55. The molecule has 1 atom stereocenters. The zero-order valence-corrected chi connectivity index (χ0v) is 16.2. The Morgan fingerprint density at radius 1 is 0.833 bits per heavy atom. The summed E-state index contributed by atoms with van der Waals surface area (Å²) >= 11 is 6.00. The monoisotopic (exact) mass is 432 g/mol. The fraction of sp³-hybridized carbons (Fsp3) is 0.0909. The number of halogens is 4. The van der Waals surface area contributed by atoms with Crippen molar-refractivity contribution < 1.29 is 22.8 Å². The van der Waals surface area contributed by atoms with Gasteiger partial charge < -0.3 is 10.6 Å². The van der Waals surface area contributed by atoms with Gasteiger partial charge in [-0.15, -0.1) is 0 Å². The number of rotatable bonds is 6. The number of carbonyl (C=O) groups excluding carboxylic acids is 2. The fourth-order valence-electron chi connectivity index (χ4n) is 2.70. The summed E-state index contributed by atoms with van der Waals surface area (Å²) in [5.41, 5.74) is -0.209. The van der Waals surface area contributed by atoms with Crippen LogP contribution in [0, 0.1) is 0 Å². The number of ketones is 1. The first-order valence-electron chi connectivity index (χ1n) is 8.84. The Hall–Kier alpha value is -3.32. The van der Waals surface area contributed by atoms with Crippen molar-refractivity contribution in [2.45, 2.75) is 12.3 Å². The Morgan fingerprint density at radius 2 is 1.40 bits per heavy atom. The lowest BCUT2D eigenvalue weighted by Crippen LogP contribution is -2.46. The molecule has 3 rings (SSSR count). The first-order chi connectivity index (χ1) is 14.3. The molecule has 3 aromatic carbocycles. The molecular formula is C22H16ClF3N2O2. The summed E-state index contributed by atoms with van der Waals surface area (Å²) in [6, 6.07) is 19.1. The molecule has 0 fully saturated rings. The van der Waals surface area contributed by atoms with Crippen LogP contribution in [0.5, 0.6) is 0 Å². The molecule has 0 aliphatic heterocycles. The lowest BCUT2D eigenvalue weighted by molar-refractivity contribution is -0.137. The van der Waals surface area contributed by atoms with Crippen molar-refractivity contribution in [1.29, 1.82) is 0 Å². The van der Waals surface area contributed by atoms with Gasteiger partial charge in [-0.2, -0.15) is 13.2 Å². The third kappa shape index (κ3) is 5.18. The van der Waals surface area contributed by atoms with Gasteiger partial charge in [0.25, 0.3) is 5.91 Å². The van der Waals surface area contributed by atoms with Crippen molar-refractivity contribution in [3.05, 3.63) is 101 Å². The molecule has 4 nitrogen and oxygen atoms in total. The highest BCUT2D eigenvalue weighted by Crippen LogP contribution is 2.34. The van der Waals surface area contributed by atoms with Gasteiger partial charge in [-0.25, -0.2) is 0 Å². The van der Waals surface area contributed by atoms with Gasteiger partial charge in [-0.1, -0.05) is 60.1 Å². The van der Waals surface area contributed by atoms with E-state index in [-0.39, 0.29) is 10.7 Å². The van der Waals surface area contributed by atoms with Crippen molar-refractivity contribution in [3.8, 4) is 0 Å². The molecular weight excluding hydrogens is 417 g/mol. The number of benzene rings is 3. The van der Waals surface area contributed by atoms with Crippen LogP contribution >= 0.6 is 11.6 Å². The summed E-state index contributed by atoms with van der Waals surface area (Å²) in [5, 5.41) is 5.08. The highest BCUT2D eigenvalue weighted by molar-refractivity contribution is 6.33. The highest BCUT2D eigenvalue weighted by atomic mass is 35.5. The molecule has 0 aliphatic rings. The Labute approximate surface area is 175 Å². The van der Waals surface area contributed by atoms with Crippen molar-refractivity contribution in [1.82, 2.24) is 5.32 Å². The lowest BCUT2D eigenvalue weighted by atomic mass is 10.1. The molecule has 0 aliphatic carbocycles. The average Bonchev–Trinajstić information content (AvgIpc) is 2.74. The largest absolute Gasteiger partial charge is 0.416 e. The number of carbonyl (C=O) groups is 2. The van der Waals surface area contributed by atoms with E-state index in [4.69, 9.17) is 11.6 Å². The Bertz CT molecular complexity index is 1040. The van der Waals surface area contributed by atoms with Gasteiger partial charge in [-0.3, -0.25) is 9.59 Å². The molecule has 0 saturated carbocycles. The van der Waals surface area contributed by atoms with Crippen LogP contribution in [0.25, 0.3) is 0 Å². The number of nitrogens with one attached hydrogen (secondary N) is 2. The molecule has 1 amide bonds. The second-order valence-corrected chi connectivity index (χ2v) is 6.75. The summed E-state index contributed by atoms with van der Waals surface area (Å²) in [7, 11) is 0. The van der Waals surface area contributed by atoms with E-state index in [1.165, 1.54) is 0 Å². The van der Waals surface area contributed by atoms with Crippen LogP contribution in [-0.4, -0.2) is 17.9 Å². The number of amides is 1. The zero-order chi connectivity index (χ0) is 21.7. The third-order valence-corrected chi connectivity index (χ3v) is 4.54. The van der Waals surface area contributed by atoms with Crippen LogP contribution in [0.2, 0.25) is 5.02 Å². The maximum Gasteiger partial charge on any atom is 0.416 e. The second-order valence-electron chi connectivity index (χ2n) is 6.34. The van der Waals surface area contributed by atoms with Gasteiger partial charge in [0.05, 0.1) is 16.3 Å². The Kier molecular flexibility index (Phi) is 6.42. The molecule has 1 unspecified atom stereocenters. The smallest absolute Gasteiger partial charge is 0.358 e. The number of Topliss-reactive ketones (excluding diaryl/α,β-unsaturated/α-hetero) is 1. The number of hydrogen-bond donors (Lipinski definition) is 2. The Morgan fingerprint density at radius 3 is 1.93 bits per heavy atom. The molecule has 30 heavy (non-hydrogen) atoms. The van der Waals surface area contributed by atoms with Crippen LogP contribution in [0.3, 0.4) is 0 Å². The molecule has 0 heterocycles. The summed E-state index contributed by atoms with van der Waals surface area (Å²) in [6.45, 7) is 0. The van der Waals surface area contributed by atoms with E-state index in [2.05, 4.69) is 10.6 Å². The number of hydrogen-bond acceptors (Lipinski definition) is 3. The SMILES string of the molecule is O=C(NC(Nc1ccc(C(F)(F)F)cc1Cl)C(=O)c1ccccc1)c1ccccc1. The molecule has 2 N–H and O–H groups in total. The molecule has 154 valence electrons. The van der Waals surface area contributed by atoms with E-state index in [0.29, 0.717) is 11.1 Å². The predicted molar refractivity (Wildman–Crippen MR) is 109 cm³/mol. The number of anilines is 1. The van der Waals surface area contributed by atoms with Crippen LogP contribution < -0.4 is 10.6 Å². The Balaban J connectivity index is 1.89. The van der Waals surface area contributed by atoms with Crippen LogP contribution in [0.1, 0.15) is 26.3 Å². The van der Waals surface area contributed by atoms with Gasteiger partial charge >= 0.3 is 6.18 Å². The van der Waals surface area contributed by atoms with Crippen molar-refractivity contribution in [3.63, 3.8) is 0 Å². The first kappa shape index (κ1) is 21.4. The molecule has 0 saturated heterocycles. The second kappa shape index (κ2) is 9.00. The minimum Gasteiger partial charge on any atom is -0.358 e. The van der Waals surface area contributed by atoms with Gasteiger partial charge in [0, 0.05) is 11.1 Å². The summed E-state index contributed by atoms with van der Waals surface area (Å²) < 4.78 is 38.6. The van der Waals surface area contributed by atoms with Gasteiger partial charge in [-0.05, 0) is 30.3 Å². The molecule has 3 aromatic rings. The fourth-order valence-corrected chi connectivity index (χ4v) is 2.94. The van der Waals surface area contributed by atoms with Crippen molar-refractivity contribution in [2.75, 3.05) is 5.32 Å².